The lowest BCUT2D eigenvalue weighted by Gasteiger charge is -2.33. The number of aromatic nitrogens is 4. The third-order valence-corrected chi connectivity index (χ3v) is 5.29. The number of hydrogen-bond acceptors (Lipinski definition) is 6. The number of nitrogens with one attached hydrogen (secondary N) is 1. The van der Waals surface area contributed by atoms with E-state index in [0.29, 0.717) is 17.4 Å². The van der Waals surface area contributed by atoms with E-state index in [1.165, 1.54) is 24.1 Å². The fraction of sp³-hybridized carbons (Fsp3) is 0.400. The molecule has 8 nitrogen and oxygen atoms in total. The van der Waals surface area contributed by atoms with Crippen LogP contribution in [0.4, 0.5) is 0 Å². The zero-order valence-corrected chi connectivity index (χ0v) is 16.8. The van der Waals surface area contributed by atoms with Crippen LogP contribution in [0.3, 0.4) is 0 Å². The number of furan rings is 1. The highest BCUT2D eigenvalue weighted by Crippen LogP contribution is 2.24. The molecule has 3 heterocycles. The molecule has 1 aliphatic heterocycles. The zero-order valence-electron chi connectivity index (χ0n) is 16.0. The maximum absolute atomic E-state index is 12.5. The van der Waals surface area contributed by atoms with Crippen molar-refractivity contribution in [3.8, 4) is 11.4 Å². The molecular weight excluding hydrogens is 392 g/mol. The van der Waals surface area contributed by atoms with Gasteiger partial charge < -0.3 is 9.73 Å². The van der Waals surface area contributed by atoms with Gasteiger partial charge in [-0.3, -0.25) is 9.69 Å². The second-order valence-corrected chi connectivity index (χ2v) is 7.52. The first-order valence-electron chi connectivity index (χ1n) is 9.77. The van der Waals surface area contributed by atoms with E-state index in [0.717, 1.165) is 24.4 Å². The van der Waals surface area contributed by atoms with Gasteiger partial charge in [0.2, 0.25) is 11.7 Å². The minimum absolute atomic E-state index is 0.00542. The van der Waals surface area contributed by atoms with Crippen LogP contribution in [0, 0.1) is 0 Å². The summed E-state index contributed by atoms with van der Waals surface area (Å²) in [5, 5.41) is 15.9. The van der Waals surface area contributed by atoms with Crippen molar-refractivity contribution in [3.05, 3.63) is 53.4 Å². The second-order valence-electron chi connectivity index (χ2n) is 7.08. The number of carbonyl (C=O) groups excluding carboxylic acids is 1. The molecule has 2 aromatic heterocycles. The molecule has 1 atom stereocenters. The molecular formula is C20H23ClN6O2. The molecule has 1 saturated heterocycles. The second kappa shape index (κ2) is 9.19. The highest BCUT2D eigenvalue weighted by Gasteiger charge is 2.25. The van der Waals surface area contributed by atoms with Gasteiger partial charge in [0.05, 0.1) is 12.3 Å². The van der Waals surface area contributed by atoms with Gasteiger partial charge in [0, 0.05) is 17.1 Å². The summed E-state index contributed by atoms with van der Waals surface area (Å²) < 4.78 is 5.62. The fourth-order valence-corrected chi connectivity index (χ4v) is 3.67. The number of halogens is 1. The summed E-state index contributed by atoms with van der Waals surface area (Å²) >= 11 is 5.90. The van der Waals surface area contributed by atoms with E-state index in [2.05, 4.69) is 25.6 Å². The van der Waals surface area contributed by atoms with Crippen LogP contribution in [-0.4, -0.2) is 50.6 Å². The van der Waals surface area contributed by atoms with Crippen molar-refractivity contribution in [3.63, 3.8) is 0 Å². The Bertz CT molecular complexity index is 919. The number of hydrogen-bond donors (Lipinski definition) is 1. The lowest BCUT2D eigenvalue weighted by atomic mass is 10.1. The van der Waals surface area contributed by atoms with Crippen LogP contribution in [0.1, 0.15) is 31.1 Å². The number of tetrazole rings is 1. The third-order valence-electron chi connectivity index (χ3n) is 5.04. The van der Waals surface area contributed by atoms with E-state index in [1.54, 1.807) is 18.4 Å². The van der Waals surface area contributed by atoms with Crippen LogP contribution in [-0.2, 0) is 11.3 Å². The van der Waals surface area contributed by atoms with Crippen LogP contribution >= 0.6 is 11.6 Å². The summed E-state index contributed by atoms with van der Waals surface area (Å²) in [5.41, 5.74) is 0.795. The average Bonchev–Trinajstić information content (AvgIpc) is 3.42. The van der Waals surface area contributed by atoms with Gasteiger partial charge in [0.25, 0.3) is 0 Å². The number of amides is 1. The lowest BCUT2D eigenvalue weighted by Crippen LogP contribution is -2.41. The Morgan fingerprint density at radius 3 is 2.69 bits per heavy atom. The van der Waals surface area contributed by atoms with Gasteiger partial charge >= 0.3 is 0 Å². The molecule has 29 heavy (non-hydrogen) atoms. The zero-order chi connectivity index (χ0) is 20.1. The predicted molar refractivity (Wildman–Crippen MR) is 108 cm³/mol. The summed E-state index contributed by atoms with van der Waals surface area (Å²) in [7, 11) is 0. The standard InChI is InChI=1S/C20H23ClN6O2/c21-16-8-6-15(7-9-16)20-23-25-27(24-20)14-19(28)22-13-17(18-5-4-12-29-18)26-10-2-1-3-11-26/h4-9,12,17H,1-3,10-11,13-14H2,(H,22,28). The van der Waals surface area contributed by atoms with Crippen LogP contribution in [0.5, 0.6) is 0 Å². The first-order valence-corrected chi connectivity index (χ1v) is 10.1. The molecule has 0 bridgehead atoms. The molecule has 0 spiro atoms. The van der Waals surface area contributed by atoms with Crippen LogP contribution < -0.4 is 5.32 Å². The van der Waals surface area contributed by atoms with Crippen molar-refractivity contribution in [1.82, 2.24) is 30.4 Å². The van der Waals surface area contributed by atoms with E-state index < -0.39 is 0 Å². The van der Waals surface area contributed by atoms with Crippen LogP contribution in [0.2, 0.25) is 5.02 Å². The molecule has 1 unspecified atom stereocenters. The first-order chi connectivity index (χ1) is 14.2. The summed E-state index contributed by atoms with van der Waals surface area (Å²) in [6.07, 6.45) is 5.26. The Labute approximate surface area is 173 Å². The van der Waals surface area contributed by atoms with Crippen molar-refractivity contribution in [1.29, 1.82) is 0 Å². The molecule has 1 aromatic carbocycles. The Balaban J connectivity index is 1.35. The molecule has 1 N–H and O–H groups in total. The molecule has 1 aliphatic rings. The summed E-state index contributed by atoms with van der Waals surface area (Å²) in [5.74, 6) is 1.16. The summed E-state index contributed by atoms with van der Waals surface area (Å²) in [4.78, 5) is 16.1. The smallest absolute Gasteiger partial charge is 0.243 e. The van der Waals surface area contributed by atoms with Crippen molar-refractivity contribution in [2.24, 2.45) is 0 Å². The minimum atomic E-state index is -0.168. The Hall–Kier alpha value is -2.71. The van der Waals surface area contributed by atoms with E-state index in [1.807, 2.05) is 24.3 Å². The molecule has 4 rings (SSSR count). The highest BCUT2D eigenvalue weighted by atomic mass is 35.5. The maximum atomic E-state index is 12.5. The topological polar surface area (TPSA) is 89.1 Å². The van der Waals surface area contributed by atoms with Crippen molar-refractivity contribution < 1.29 is 9.21 Å². The number of benzene rings is 1. The Morgan fingerprint density at radius 2 is 1.97 bits per heavy atom. The van der Waals surface area contributed by atoms with E-state index in [4.69, 9.17) is 16.0 Å². The number of nitrogens with zero attached hydrogens (tertiary/aromatic N) is 5. The maximum Gasteiger partial charge on any atom is 0.243 e. The lowest BCUT2D eigenvalue weighted by molar-refractivity contribution is -0.122. The molecule has 3 aromatic rings. The first kappa shape index (κ1) is 19.6. The fourth-order valence-electron chi connectivity index (χ4n) is 3.54. The third kappa shape index (κ3) is 5.02. The number of likely N-dealkylation sites (tertiary alicyclic amines) is 1. The number of rotatable bonds is 7. The van der Waals surface area contributed by atoms with E-state index in [-0.39, 0.29) is 18.5 Å². The van der Waals surface area contributed by atoms with Crippen molar-refractivity contribution in [2.45, 2.75) is 31.8 Å². The van der Waals surface area contributed by atoms with Gasteiger partial charge in [0.15, 0.2) is 0 Å². The predicted octanol–water partition coefficient (Wildman–Crippen LogP) is 2.93. The molecule has 1 fully saturated rings. The molecule has 0 saturated carbocycles. The molecule has 0 aliphatic carbocycles. The summed E-state index contributed by atoms with van der Waals surface area (Å²) in [6.45, 7) is 2.50. The van der Waals surface area contributed by atoms with Gasteiger partial charge in [0.1, 0.15) is 12.3 Å². The minimum Gasteiger partial charge on any atom is -0.468 e. The van der Waals surface area contributed by atoms with Crippen LogP contribution in [0.15, 0.2) is 47.1 Å². The average molecular weight is 415 g/mol. The van der Waals surface area contributed by atoms with Gasteiger partial charge in [-0.05, 0) is 67.5 Å². The SMILES string of the molecule is O=C(Cn1nnc(-c2ccc(Cl)cc2)n1)NCC(c1ccco1)N1CCCCC1. The molecule has 9 heteroatoms. The molecule has 152 valence electrons. The van der Waals surface area contributed by atoms with Crippen molar-refractivity contribution >= 4 is 17.5 Å². The van der Waals surface area contributed by atoms with Crippen molar-refractivity contribution in [2.75, 3.05) is 19.6 Å². The molecule has 1 amide bonds. The van der Waals surface area contributed by atoms with Gasteiger partial charge in [-0.1, -0.05) is 18.0 Å². The van der Waals surface area contributed by atoms with Gasteiger partial charge in [-0.25, -0.2) is 0 Å². The normalized spacial score (nSPS) is 15.9. The van der Waals surface area contributed by atoms with Gasteiger partial charge in [-0.15, -0.1) is 10.2 Å². The Kier molecular flexibility index (Phi) is 6.21. The number of piperidine rings is 1. The monoisotopic (exact) mass is 414 g/mol. The largest absolute Gasteiger partial charge is 0.468 e. The van der Waals surface area contributed by atoms with E-state index in [9.17, 15) is 4.79 Å². The quantitative estimate of drug-likeness (QED) is 0.639. The van der Waals surface area contributed by atoms with Crippen LogP contribution in [0.25, 0.3) is 11.4 Å². The Morgan fingerprint density at radius 1 is 1.17 bits per heavy atom. The molecule has 0 radical (unpaired) electrons. The van der Waals surface area contributed by atoms with E-state index >= 15 is 0 Å². The van der Waals surface area contributed by atoms with Gasteiger partial charge in [-0.2, -0.15) is 4.80 Å². The number of carbonyl (C=O) groups is 1. The summed E-state index contributed by atoms with van der Waals surface area (Å²) in [6, 6.07) is 11.0. The highest BCUT2D eigenvalue weighted by molar-refractivity contribution is 6.30.